The first kappa shape index (κ1) is 19.7. The van der Waals surface area contributed by atoms with Crippen molar-refractivity contribution in [1.82, 2.24) is 20.3 Å². The van der Waals surface area contributed by atoms with Crippen molar-refractivity contribution in [2.75, 3.05) is 0 Å². The third-order valence-corrected chi connectivity index (χ3v) is 4.24. The Hall–Kier alpha value is -3.06. The van der Waals surface area contributed by atoms with Gasteiger partial charge in [0.25, 0.3) is 5.56 Å². The second-order valence-electron chi connectivity index (χ2n) is 6.84. The quantitative estimate of drug-likeness (QED) is 0.649. The van der Waals surface area contributed by atoms with E-state index in [1.807, 2.05) is 38.1 Å². The molecule has 7 heteroatoms. The van der Waals surface area contributed by atoms with Gasteiger partial charge < -0.3 is 10.1 Å². The molecular formula is C21H24N4O3. The van der Waals surface area contributed by atoms with E-state index in [1.165, 1.54) is 4.68 Å². The van der Waals surface area contributed by atoms with E-state index < -0.39 is 0 Å². The van der Waals surface area contributed by atoms with Gasteiger partial charge in [0.2, 0.25) is 5.91 Å². The van der Waals surface area contributed by atoms with Crippen LogP contribution >= 0.6 is 0 Å². The van der Waals surface area contributed by atoms with Gasteiger partial charge in [-0.25, -0.2) is 4.68 Å². The zero-order chi connectivity index (χ0) is 19.9. The highest BCUT2D eigenvalue weighted by Gasteiger charge is 2.08. The van der Waals surface area contributed by atoms with Crippen LogP contribution in [0.25, 0.3) is 10.9 Å². The molecule has 1 amide bonds. The average Bonchev–Trinajstić information content (AvgIpc) is 2.71. The standard InChI is InChI=1S/C21H24N4O3/c1-15(2)28-14-17-7-5-6-16(12-17)13-22-20(26)10-11-25-21(27)18-8-3-4-9-19(18)23-24-25/h3-9,12,15H,10-11,13-14H2,1-2H3,(H,22,26). The van der Waals surface area contributed by atoms with Crippen molar-refractivity contribution in [3.8, 4) is 0 Å². The fourth-order valence-electron chi connectivity index (χ4n) is 2.76. The smallest absolute Gasteiger partial charge is 0.277 e. The molecule has 146 valence electrons. The van der Waals surface area contributed by atoms with Gasteiger partial charge in [0, 0.05) is 13.0 Å². The summed E-state index contributed by atoms with van der Waals surface area (Å²) >= 11 is 0. The molecule has 0 fully saturated rings. The number of hydrogen-bond acceptors (Lipinski definition) is 5. The predicted octanol–water partition coefficient (Wildman–Crippen LogP) is 2.42. The van der Waals surface area contributed by atoms with Crippen LogP contribution in [0.1, 0.15) is 31.4 Å². The molecule has 3 rings (SSSR count). The molecule has 0 spiro atoms. The second kappa shape index (κ2) is 9.23. The van der Waals surface area contributed by atoms with Gasteiger partial charge >= 0.3 is 0 Å². The molecule has 0 bridgehead atoms. The molecule has 0 aliphatic carbocycles. The molecule has 1 heterocycles. The zero-order valence-electron chi connectivity index (χ0n) is 16.1. The molecule has 28 heavy (non-hydrogen) atoms. The maximum atomic E-state index is 12.4. The maximum Gasteiger partial charge on any atom is 0.277 e. The van der Waals surface area contributed by atoms with Gasteiger partial charge in [0.15, 0.2) is 0 Å². The normalized spacial score (nSPS) is 11.1. The molecule has 0 saturated carbocycles. The average molecular weight is 380 g/mol. The fraction of sp³-hybridized carbons (Fsp3) is 0.333. The van der Waals surface area contributed by atoms with E-state index in [9.17, 15) is 9.59 Å². The number of aryl methyl sites for hydroxylation is 1. The highest BCUT2D eigenvalue weighted by molar-refractivity contribution is 5.77. The van der Waals surface area contributed by atoms with Crippen molar-refractivity contribution in [3.05, 3.63) is 70.0 Å². The summed E-state index contributed by atoms with van der Waals surface area (Å²) in [6, 6.07) is 14.9. The molecule has 0 aliphatic rings. The first-order valence-corrected chi connectivity index (χ1v) is 9.31. The van der Waals surface area contributed by atoms with E-state index in [4.69, 9.17) is 4.74 Å². The SMILES string of the molecule is CC(C)OCc1cccc(CNC(=O)CCn2nnc3ccccc3c2=O)c1. The van der Waals surface area contributed by atoms with Crippen LogP contribution in [0.5, 0.6) is 0 Å². The molecule has 1 aromatic heterocycles. The van der Waals surface area contributed by atoms with Gasteiger partial charge in [-0.3, -0.25) is 9.59 Å². The van der Waals surface area contributed by atoms with Crippen molar-refractivity contribution in [1.29, 1.82) is 0 Å². The van der Waals surface area contributed by atoms with E-state index in [0.717, 1.165) is 11.1 Å². The molecule has 7 nitrogen and oxygen atoms in total. The Kier molecular flexibility index (Phi) is 6.49. The first-order chi connectivity index (χ1) is 13.5. The van der Waals surface area contributed by atoms with E-state index in [-0.39, 0.29) is 30.5 Å². The highest BCUT2D eigenvalue weighted by atomic mass is 16.5. The number of aromatic nitrogens is 3. The van der Waals surface area contributed by atoms with Crippen molar-refractivity contribution in [2.24, 2.45) is 0 Å². The number of amides is 1. The third kappa shape index (κ3) is 5.23. The Balaban J connectivity index is 1.53. The van der Waals surface area contributed by atoms with E-state index in [0.29, 0.717) is 24.1 Å². The summed E-state index contributed by atoms with van der Waals surface area (Å²) in [5.41, 5.74) is 2.38. The first-order valence-electron chi connectivity index (χ1n) is 9.31. The number of fused-ring (bicyclic) bond motifs is 1. The van der Waals surface area contributed by atoms with Gasteiger partial charge in [0.05, 0.1) is 24.6 Å². The van der Waals surface area contributed by atoms with Gasteiger partial charge in [-0.05, 0) is 37.1 Å². The van der Waals surface area contributed by atoms with E-state index >= 15 is 0 Å². The number of ether oxygens (including phenoxy) is 1. The van der Waals surface area contributed by atoms with Crippen molar-refractivity contribution < 1.29 is 9.53 Å². The molecular weight excluding hydrogens is 356 g/mol. The van der Waals surface area contributed by atoms with Gasteiger partial charge in [-0.15, -0.1) is 5.10 Å². The molecule has 3 aromatic rings. The monoisotopic (exact) mass is 380 g/mol. The summed E-state index contributed by atoms with van der Waals surface area (Å²) in [5, 5.41) is 11.3. The fourth-order valence-corrected chi connectivity index (χ4v) is 2.76. The van der Waals surface area contributed by atoms with Crippen LogP contribution in [-0.2, 0) is 29.2 Å². The largest absolute Gasteiger partial charge is 0.374 e. The van der Waals surface area contributed by atoms with E-state index in [2.05, 4.69) is 15.6 Å². The lowest BCUT2D eigenvalue weighted by Gasteiger charge is -2.10. The lowest BCUT2D eigenvalue weighted by molar-refractivity contribution is -0.121. The summed E-state index contributed by atoms with van der Waals surface area (Å²) in [5.74, 6) is -0.148. The van der Waals surface area contributed by atoms with Crippen LogP contribution < -0.4 is 10.9 Å². The Morgan fingerprint density at radius 2 is 1.93 bits per heavy atom. The lowest BCUT2D eigenvalue weighted by Crippen LogP contribution is -2.29. The van der Waals surface area contributed by atoms with Crippen molar-refractivity contribution in [3.63, 3.8) is 0 Å². The number of rotatable bonds is 8. The molecule has 0 unspecified atom stereocenters. The predicted molar refractivity (Wildman–Crippen MR) is 107 cm³/mol. The van der Waals surface area contributed by atoms with Crippen LogP contribution in [0, 0.1) is 0 Å². The minimum atomic E-state index is -0.240. The van der Waals surface area contributed by atoms with Crippen LogP contribution in [0.15, 0.2) is 53.3 Å². The number of nitrogens with zero attached hydrogens (tertiary/aromatic N) is 3. The molecule has 0 atom stereocenters. The summed E-state index contributed by atoms with van der Waals surface area (Å²) < 4.78 is 6.83. The topological polar surface area (TPSA) is 86.1 Å². The number of nitrogens with one attached hydrogen (secondary N) is 1. The minimum Gasteiger partial charge on any atom is -0.374 e. The lowest BCUT2D eigenvalue weighted by atomic mass is 10.1. The molecule has 0 radical (unpaired) electrons. The number of benzene rings is 2. The van der Waals surface area contributed by atoms with Gasteiger partial charge in [-0.2, -0.15) is 0 Å². The second-order valence-corrected chi connectivity index (χ2v) is 6.84. The molecule has 0 aliphatic heterocycles. The third-order valence-electron chi connectivity index (χ3n) is 4.24. The van der Waals surface area contributed by atoms with Crippen molar-refractivity contribution in [2.45, 2.75) is 46.1 Å². The van der Waals surface area contributed by atoms with Gasteiger partial charge in [0.1, 0.15) is 5.52 Å². The maximum absolute atomic E-state index is 12.4. The van der Waals surface area contributed by atoms with Crippen molar-refractivity contribution >= 4 is 16.8 Å². The Labute approximate surface area is 163 Å². The summed E-state index contributed by atoms with van der Waals surface area (Å²) in [4.78, 5) is 24.5. The Bertz CT molecular complexity index is 1010. The zero-order valence-corrected chi connectivity index (χ0v) is 16.1. The van der Waals surface area contributed by atoms with Gasteiger partial charge in [-0.1, -0.05) is 41.6 Å². The van der Waals surface area contributed by atoms with Crippen LogP contribution in [-0.4, -0.2) is 27.0 Å². The summed E-state index contributed by atoms with van der Waals surface area (Å²) in [6.07, 6.45) is 0.327. The summed E-state index contributed by atoms with van der Waals surface area (Å²) in [7, 11) is 0. The van der Waals surface area contributed by atoms with Crippen LogP contribution in [0.3, 0.4) is 0 Å². The summed E-state index contributed by atoms with van der Waals surface area (Å²) in [6.45, 7) is 5.14. The number of carbonyl (C=O) groups excluding carboxylic acids is 1. The number of hydrogen-bond donors (Lipinski definition) is 1. The van der Waals surface area contributed by atoms with Crippen LogP contribution in [0.4, 0.5) is 0 Å². The number of carbonyl (C=O) groups is 1. The van der Waals surface area contributed by atoms with E-state index in [1.54, 1.807) is 24.3 Å². The Morgan fingerprint density at radius 3 is 2.75 bits per heavy atom. The molecule has 2 aromatic carbocycles. The molecule has 0 saturated heterocycles. The highest BCUT2D eigenvalue weighted by Crippen LogP contribution is 2.08. The van der Waals surface area contributed by atoms with Crippen LogP contribution in [0.2, 0.25) is 0 Å². The molecule has 1 N–H and O–H groups in total. The Morgan fingerprint density at radius 1 is 1.14 bits per heavy atom. The minimum absolute atomic E-state index is 0.148.